The average Bonchev–Trinajstić information content (AvgIpc) is 2.82. The number of fused-ring (bicyclic) bond motifs is 1. The van der Waals surface area contributed by atoms with Crippen molar-refractivity contribution in [2.24, 2.45) is 0 Å². The van der Waals surface area contributed by atoms with Gasteiger partial charge in [0.1, 0.15) is 40.9 Å². The number of aliphatic hydroxyl groups excluding tert-OH is 1. The quantitative estimate of drug-likeness (QED) is 0.384. The summed E-state index contributed by atoms with van der Waals surface area (Å²) in [6.07, 6.45) is 3.01. The highest BCUT2D eigenvalue weighted by Crippen LogP contribution is 2.34. The summed E-state index contributed by atoms with van der Waals surface area (Å²) in [5.41, 5.74) is 2.83. The number of aliphatic hydroxyl groups is 1. The van der Waals surface area contributed by atoms with Crippen molar-refractivity contribution in [3.63, 3.8) is 0 Å². The first-order valence-electron chi connectivity index (χ1n) is 10.9. The highest BCUT2D eigenvalue weighted by molar-refractivity contribution is 5.85. The molecule has 2 heterocycles. The van der Waals surface area contributed by atoms with Crippen LogP contribution in [0.15, 0.2) is 76.2 Å². The second kappa shape index (κ2) is 9.88. The molecule has 0 bridgehead atoms. The van der Waals surface area contributed by atoms with E-state index in [0.29, 0.717) is 34.8 Å². The molecule has 4 rings (SSSR count). The maximum atomic E-state index is 13.0. The normalized spacial score (nSPS) is 12.2. The van der Waals surface area contributed by atoms with Crippen LogP contribution >= 0.6 is 0 Å². The number of rotatable bonds is 8. The Hall–Kier alpha value is -3.64. The fraction of sp³-hybridized carbons (Fsp3) is 0.259. The minimum absolute atomic E-state index is 0.0585. The van der Waals surface area contributed by atoms with E-state index in [1.54, 1.807) is 24.5 Å². The Morgan fingerprint density at radius 3 is 2.52 bits per heavy atom. The lowest BCUT2D eigenvalue weighted by Crippen LogP contribution is -2.10. The number of ether oxygens (including phenoxy) is 2. The van der Waals surface area contributed by atoms with Gasteiger partial charge in [-0.05, 0) is 35.7 Å². The van der Waals surface area contributed by atoms with Crippen molar-refractivity contribution < 1.29 is 19.0 Å². The zero-order valence-corrected chi connectivity index (χ0v) is 18.9. The first kappa shape index (κ1) is 22.6. The van der Waals surface area contributed by atoms with Gasteiger partial charge in [-0.25, -0.2) is 0 Å². The lowest BCUT2D eigenvalue weighted by molar-refractivity contribution is 0.219. The van der Waals surface area contributed by atoms with Gasteiger partial charge in [-0.3, -0.25) is 9.78 Å². The molecule has 0 fully saturated rings. The number of nitrogens with zero attached hydrogens (tertiary/aromatic N) is 1. The van der Waals surface area contributed by atoms with Crippen molar-refractivity contribution in [3.8, 4) is 11.5 Å². The number of hydrogen-bond donors (Lipinski definition) is 1. The molecular formula is C27H27NO5. The molecule has 0 aliphatic carbocycles. The van der Waals surface area contributed by atoms with Gasteiger partial charge in [0.25, 0.3) is 0 Å². The van der Waals surface area contributed by atoms with Crippen LogP contribution in [-0.4, -0.2) is 10.1 Å². The maximum absolute atomic E-state index is 13.0. The third-order valence-electron chi connectivity index (χ3n) is 5.48. The summed E-state index contributed by atoms with van der Waals surface area (Å²) in [5, 5.41) is 10.1. The van der Waals surface area contributed by atoms with E-state index in [0.717, 1.165) is 16.7 Å². The van der Waals surface area contributed by atoms with Gasteiger partial charge in [0.2, 0.25) is 0 Å². The number of benzene rings is 2. The van der Waals surface area contributed by atoms with Gasteiger partial charge >= 0.3 is 0 Å². The molecular weight excluding hydrogens is 418 g/mol. The first-order valence-corrected chi connectivity index (χ1v) is 10.9. The summed E-state index contributed by atoms with van der Waals surface area (Å²) in [7, 11) is 0. The summed E-state index contributed by atoms with van der Waals surface area (Å²) in [6, 6.07) is 16.2. The van der Waals surface area contributed by atoms with E-state index in [2.05, 4.69) is 4.98 Å². The van der Waals surface area contributed by atoms with Gasteiger partial charge in [0.15, 0.2) is 5.43 Å². The van der Waals surface area contributed by atoms with Crippen molar-refractivity contribution in [2.75, 3.05) is 0 Å². The Kier molecular flexibility index (Phi) is 6.75. The molecule has 1 unspecified atom stereocenters. The third-order valence-corrected chi connectivity index (χ3v) is 5.48. The molecule has 4 aromatic rings. The fourth-order valence-corrected chi connectivity index (χ4v) is 3.68. The van der Waals surface area contributed by atoms with Crippen LogP contribution in [0.25, 0.3) is 11.0 Å². The molecule has 0 aliphatic heterocycles. The van der Waals surface area contributed by atoms with E-state index in [9.17, 15) is 9.90 Å². The van der Waals surface area contributed by atoms with Crippen LogP contribution in [0.3, 0.4) is 0 Å². The molecule has 0 radical (unpaired) electrons. The van der Waals surface area contributed by atoms with E-state index in [1.165, 1.54) is 6.07 Å². The molecule has 0 saturated carbocycles. The Morgan fingerprint density at radius 1 is 1.03 bits per heavy atom. The van der Waals surface area contributed by atoms with Crippen molar-refractivity contribution in [3.05, 3.63) is 99.7 Å². The van der Waals surface area contributed by atoms with E-state index in [4.69, 9.17) is 13.9 Å². The highest BCUT2D eigenvalue weighted by atomic mass is 16.5. The number of pyridine rings is 1. The van der Waals surface area contributed by atoms with Gasteiger partial charge in [-0.1, -0.05) is 38.1 Å². The molecule has 2 aromatic carbocycles. The minimum atomic E-state index is -0.406. The topological polar surface area (TPSA) is 81.8 Å². The zero-order chi connectivity index (χ0) is 23.4. The molecule has 0 spiro atoms. The summed E-state index contributed by atoms with van der Waals surface area (Å²) in [6.45, 7) is 6.07. The Bertz CT molecular complexity index is 1300. The second-order valence-electron chi connectivity index (χ2n) is 8.22. The van der Waals surface area contributed by atoms with Crippen molar-refractivity contribution >= 4 is 11.0 Å². The molecule has 1 atom stereocenters. The highest BCUT2D eigenvalue weighted by Gasteiger charge is 2.19. The molecule has 33 heavy (non-hydrogen) atoms. The maximum Gasteiger partial charge on any atom is 0.196 e. The zero-order valence-electron chi connectivity index (χ0n) is 18.9. The largest absolute Gasteiger partial charge is 0.489 e. The van der Waals surface area contributed by atoms with Crippen molar-refractivity contribution in [2.45, 2.75) is 46.0 Å². The molecule has 0 amide bonds. The van der Waals surface area contributed by atoms with E-state index in [-0.39, 0.29) is 18.0 Å². The summed E-state index contributed by atoms with van der Waals surface area (Å²) in [5.74, 6) is 1.56. The van der Waals surface area contributed by atoms with Crippen LogP contribution in [0.5, 0.6) is 11.5 Å². The van der Waals surface area contributed by atoms with E-state index in [1.807, 2.05) is 57.2 Å². The summed E-state index contributed by atoms with van der Waals surface area (Å²) >= 11 is 0. The number of hydrogen-bond acceptors (Lipinski definition) is 6. The Morgan fingerprint density at radius 2 is 1.79 bits per heavy atom. The first-order chi connectivity index (χ1) is 16.0. The van der Waals surface area contributed by atoms with Crippen LogP contribution in [0.1, 0.15) is 55.2 Å². The minimum Gasteiger partial charge on any atom is -0.489 e. The average molecular weight is 446 g/mol. The molecule has 6 nitrogen and oxygen atoms in total. The molecule has 1 N–H and O–H groups in total. The lowest BCUT2D eigenvalue weighted by atomic mass is 10.0. The van der Waals surface area contributed by atoms with Gasteiger partial charge < -0.3 is 19.0 Å². The van der Waals surface area contributed by atoms with Gasteiger partial charge in [-0.15, -0.1) is 0 Å². The van der Waals surface area contributed by atoms with Gasteiger partial charge in [0, 0.05) is 36.5 Å². The van der Waals surface area contributed by atoms with E-state index < -0.39 is 6.10 Å². The molecule has 0 aliphatic rings. The van der Waals surface area contributed by atoms with Crippen LogP contribution in [0.4, 0.5) is 0 Å². The molecule has 170 valence electrons. The fourth-order valence-electron chi connectivity index (χ4n) is 3.68. The van der Waals surface area contributed by atoms with Crippen molar-refractivity contribution in [1.29, 1.82) is 0 Å². The van der Waals surface area contributed by atoms with Gasteiger partial charge in [0.05, 0.1) is 6.61 Å². The second-order valence-corrected chi connectivity index (χ2v) is 8.22. The van der Waals surface area contributed by atoms with Crippen molar-refractivity contribution in [1.82, 2.24) is 4.98 Å². The third kappa shape index (κ3) is 5.07. The van der Waals surface area contributed by atoms with Crippen LogP contribution in [0, 0.1) is 0 Å². The Labute approximate surface area is 192 Å². The smallest absolute Gasteiger partial charge is 0.196 e. The SMILES string of the molecule is CC(C)c1cc(=O)c2c(OC(C)c3ccccc3CO)cc(OCc3ccncc3)cc2o1. The summed E-state index contributed by atoms with van der Waals surface area (Å²) < 4.78 is 18.3. The van der Waals surface area contributed by atoms with Gasteiger partial charge in [-0.2, -0.15) is 0 Å². The predicted octanol–water partition coefficient (Wildman–Crippen LogP) is 5.52. The lowest BCUT2D eigenvalue weighted by Gasteiger charge is -2.20. The van der Waals surface area contributed by atoms with E-state index >= 15 is 0 Å². The standard InChI is InChI=1S/C27H27NO5/c1-17(2)24-14-23(30)27-25(32-18(3)22-7-5-4-6-20(22)15-29)12-21(13-26(27)33-24)31-16-19-8-10-28-11-9-19/h4-14,17-18,29H,15-16H2,1-3H3. The summed E-state index contributed by atoms with van der Waals surface area (Å²) in [4.78, 5) is 17.1. The molecule has 0 saturated heterocycles. The predicted molar refractivity (Wildman–Crippen MR) is 127 cm³/mol. The Balaban J connectivity index is 1.76. The molecule has 6 heteroatoms. The molecule has 2 aromatic heterocycles. The monoisotopic (exact) mass is 445 g/mol. The van der Waals surface area contributed by atoms with Crippen LogP contribution < -0.4 is 14.9 Å². The van der Waals surface area contributed by atoms with Crippen LogP contribution in [0.2, 0.25) is 0 Å². The van der Waals surface area contributed by atoms with Crippen LogP contribution in [-0.2, 0) is 13.2 Å². The number of aromatic nitrogens is 1.